The summed E-state index contributed by atoms with van der Waals surface area (Å²) in [6.07, 6.45) is 3.57. The number of fused-ring (bicyclic) bond motifs is 5. The fraction of sp³-hybridized carbons (Fsp3) is 0.724. The SMILES string of the molecule is CCCC(=O)OCC(=O)[C@]1(OC(=O)CC)[C@H](C)C[C@H]2[C@@H]3CCC4=C(F)C(=O)C=C[C@]4(C)[C@@]3(Cl)[C@@H](O)C[C@@]21C. The van der Waals surface area contributed by atoms with Gasteiger partial charge in [-0.1, -0.05) is 40.7 Å². The maximum absolute atomic E-state index is 15.0. The average molecular weight is 553 g/mol. The second-order valence-electron chi connectivity index (χ2n) is 11.9. The van der Waals surface area contributed by atoms with Crippen molar-refractivity contribution in [3.63, 3.8) is 0 Å². The molecule has 0 radical (unpaired) electrons. The van der Waals surface area contributed by atoms with Gasteiger partial charge in [0.2, 0.25) is 11.6 Å². The molecule has 1 N–H and O–H groups in total. The predicted molar refractivity (Wildman–Crippen MR) is 138 cm³/mol. The van der Waals surface area contributed by atoms with Crippen LogP contribution in [0.3, 0.4) is 0 Å². The van der Waals surface area contributed by atoms with Crippen LogP contribution >= 0.6 is 11.6 Å². The highest BCUT2D eigenvalue weighted by Crippen LogP contribution is 2.72. The van der Waals surface area contributed by atoms with E-state index in [0.717, 1.165) is 0 Å². The van der Waals surface area contributed by atoms with E-state index in [1.807, 2.05) is 20.8 Å². The second-order valence-corrected chi connectivity index (χ2v) is 12.5. The van der Waals surface area contributed by atoms with E-state index in [9.17, 15) is 24.3 Å². The van der Waals surface area contributed by atoms with Crippen molar-refractivity contribution >= 4 is 35.1 Å². The first kappa shape index (κ1) is 28.9. The molecule has 0 aromatic heterocycles. The summed E-state index contributed by atoms with van der Waals surface area (Å²) in [5.74, 6) is -4.15. The molecular formula is C29H38ClFO7. The van der Waals surface area contributed by atoms with E-state index in [1.54, 1.807) is 19.9 Å². The topological polar surface area (TPSA) is 107 Å². The Bertz CT molecular complexity index is 1120. The van der Waals surface area contributed by atoms with Crippen molar-refractivity contribution in [2.75, 3.05) is 6.61 Å². The van der Waals surface area contributed by atoms with Crippen molar-refractivity contribution in [1.82, 2.24) is 0 Å². The number of ketones is 2. The van der Waals surface area contributed by atoms with Crippen molar-refractivity contribution in [1.29, 1.82) is 0 Å². The van der Waals surface area contributed by atoms with Crippen molar-refractivity contribution in [2.45, 2.75) is 96.1 Å². The number of allylic oxidation sites excluding steroid dienone is 4. The number of carbonyl (C=O) groups excluding carboxylic acids is 4. The van der Waals surface area contributed by atoms with Gasteiger partial charge in [0, 0.05) is 29.6 Å². The molecule has 0 saturated heterocycles. The zero-order chi connectivity index (χ0) is 28.3. The lowest BCUT2D eigenvalue weighted by atomic mass is 9.45. The van der Waals surface area contributed by atoms with Crippen LogP contribution in [0.25, 0.3) is 0 Å². The Morgan fingerprint density at radius 3 is 2.50 bits per heavy atom. The summed E-state index contributed by atoms with van der Waals surface area (Å²) >= 11 is 7.40. The maximum Gasteiger partial charge on any atom is 0.306 e. The largest absolute Gasteiger partial charge is 0.457 e. The van der Waals surface area contributed by atoms with Crippen LogP contribution in [0, 0.1) is 28.6 Å². The monoisotopic (exact) mass is 552 g/mol. The van der Waals surface area contributed by atoms with Gasteiger partial charge >= 0.3 is 11.9 Å². The first-order valence-electron chi connectivity index (χ1n) is 13.6. The minimum atomic E-state index is -1.63. The number of halogens is 2. The number of esters is 2. The van der Waals surface area contributed by atoms with Crippen molar-refractivity contribution in [3.8, 4) is 0 Å². The average Bonchev–Trinajstić information content (AvgIpc) is 3.08. The van der Waals surface area contributed by atoms with E-state index in [4.69, 9.17) is 21.1 Å². The number of rotatable bonds is 7. The minimum absolute atomic E-state index is 0.0138. The zero-order valence-electron chi connectivity index (χ0n) is 22.8. The van der Waals surface area contributed by atoms with E-state index in [1.165, 1.54) is 6.08 Å². The Hall–Kier alpha value is -2.06. The van der Waals surface area contributed by atoms with Gasteiger partial charge in [-0.2, -0.15) is 0 Å². The molecule has 0 unspecified atom stereocenters. The molecule has 3 saturated carbocycles. The number of aliphatic hydroxyl groups excluding tert-OH is 1. The first-order chi connectivity index (χ1) is 17.7. The summed E-state index contributed by atoms with van der Waals surface area (Å²) in [5.41, 5.74) is -3.45. The summed E-state index contributed by atoms with van der Waals surface area (Å²) < 4.78 is 26.4. The lowest BCUT2D eigenvalue weighted by Crippen LogP contribution is -2.69. The van der Waals surface area contributed by atoms with Gasteiger partial charge in [0.05, 0.1) is 11.0 Å². The Kier molecular flexibility index (Phi) is 7.50. The van der Waals surface area contributed by atoms with Gasteiger partial charge < -0.3 is 14.6 Å². The van der Waals surface area contributed by atoms with Crippen LogP contribution in [0.1, 0.15) is 79.6 Å². The Labute approximate surface area is 228 Å². The van der Waals surface area contributed by atoms with Crippen LogP contribution in [-0.2, 0) is 28.7 Å². The molecule has 0 aliphatic heterocycles. The van der Waals surface area contributed by atoms with Crippen LogP contribution in [0.4, 0.5) is 4.39 Å². The molecule has 4 rings (SSSR count). The highest BCUT2D eigenvalue weighted by Gasteiger charge is 2.76. The number of alkyl halides is 1. The molecule has 210 valence electrons. The highest BCUT2D eigenvalue weighted by molar-refractivity contribution is 6.26. The molecule has 8 atom stereocenters. The Morgan fingerprint density at radius 1 is 1.18 bits per heavy atom. The Balaban J connectivity index is 1.79. The molecule has 7 nitrogen and oxygen atoms in total. The predicted octanol–water partition coefficient (Wildman–Crippen LogP) is 4.77. The molecule has 9 heteroatoms. The standard InChI is InChI=1S/C29H38ClFO7/c1-6-8-24(36)37-15-22(34)29(38-23(35)7-2)16(3)13-19-17-9-10-18-25(31)20(32)11-12-26(18,4)28(17,30)21(33)14-27(19,29)5/h11-12,16-17,19,21,33H,6-10,13-15H2,1-5H3/t16-,17+,19+,21+,26+,27+,28+,29-/m1/s1. The molecule has 0 aromatic carbocycles. The van der Waals surface area contributed by atoms with Crippen LogP contribution < -0.4 is 0 Å². The normalized spacial score (nSPS) is 41.7. The Morgan fingerprint density at radius 2 is 1.87 bits per heavy atom. The lowest BCUT2D eigenvalue weighted by molar-refractivity contribution is -0.203. The van der Waals surface area contributed by atoms with E-state index in [2.05, 4.69) is 0 Å². The van der Waals surface area contributed by atoms with Crippen molar-refractivity contribution < 1.29 is 38.1 Å². The number of hydrogen-bond donors (Lipinski definition) is 1. The van der Waals surface area contributed by atoms with Gasteiger partial charge in [-0.25, -0.2) is 4.39 Å². The second kappa shape index (κ2) is 9.84. The number of carbonyl (C=O) groups is 4. The van der Waals surface area contributed by atoms with Gasteiger partial charge in [-0.05, 0) is 55.6 Å². The minimum Gasteiger partial charge on any atom is -0.457 e. The van der Waals surface area contributed by atoms with Crippen molar-refractivity contribution in [3.05, 3.63) is 23.6 Å². The molecule has 0 aromatic rings. The summed E-state index contributed by atoms with van der Waals surface area (Å²) in [6, 6.07) is 0. The summed E-state index contributed by atoms with van der Waals surface area (Å²) in [5, 5.41) is 11.8. The van der Waals surface area contributed by atoms with Gasteiger partial charge in [0.1, 0.15) is 0 Å². The third-order valence-corrected chi connectivity index (χ3v) is 11.0. The molecule has 4 aliphatic rings. The van der Waals surface area contributed by atoms with Crippen LogP contribution in [0.5, 0.6) is 0 Å². The third-order valence-electron chi connectivity index (χ3n) is 10.1. The highest BCUT2D eigenvalue weighted by atomic mass is 35.5. The van der Waals surface area contributed by atoms with E-state index in [-0.39, 0.29) is 37.5 Å². The number of ether oxygens (including phenoxy) is 2. The number of hydrogen-bond acceptors (Lipinski definition) is 7. The van der Waals surface area contributed by atoms with Crippen molar-refractivity contribution in [2.24, 2.45) is 28.6 Å². The molecular weight excluding hydrogens is 515 g/mol. The molecule has 38 heavy (non-hydrogen) atoms. The molecule has 0 spiro atoms. The molecule has 4 aliphatic carbocycles. The molecule has 0 amide bonds. The number of aliphatic hydroxyl groups is 1. The van der Waals surface area contributed by atoms with Gasteiger partial charge in [0.25, 0.3) is 0 Å². The van der Waals surface area contributed by atoms with Gasteiger partial charge in [-0.15, -0.1) is 11.6 Å². The molecule has 0 bridgehead atoms. The third kappa shape index (κ3) is 3.76. The van der Waals surface area contributed by atoms with Gasteiger partial charge in [-0.3, -0.25) is 19.2 Å². The van der Waals surface area contributed by atoms with Crippen LogP contribution in [0.15, 0.2) is 23.6 Å². The maximum atomic E-state index is 15.0. The van der Waals surface area contributed by atoms with E-state index < -0.39 is 69.3 Å². The lowest BCUT2D eigenvalue weighted by Gasteiger charge is -2.64. The first-order valence-corrected chi connectivity index (χ1v) is 14.0. The molecule has 0 heterocycles. The van der Waals surface area contributed by atoms with Gasteiger partial charge in [0.15, 0.2) is 18.0 Å². The fourth-order valence-electron chi connectivity index (χ4n) is 8.26. The van der Waals surface area contributed by atoms with E-state index in [0.29, 0.717) is 24.8 Å². The summed E-state index contributed by atoms with van der Waals surface area (Å²) in [7, 11) is 0. The fourth-order valence-corrected chi connectivity index (χ4v) is 8.77. The summed E-state index contributed by atoms with van der Waals surface area (Å²) in [4.78, 5) is 49.6. The summed E-state index contributed by atoms with van der Waals surface area (Å²) in [6.45, 7) is 8.39. The van der Waals surface area contributed by atoms with Crippen LogP contribution in [-0.4, -0.2) is 51.8 Å². The quantitative estimate of drug-likeness (QED) is 0.358. The molecule has 3 fully saturated rings. The smallest absolute Gasteiger partial charge is 0.306 e. The van der Waals surface area contributed by atoms with E-state index >= 15 is 4.39 Å². The zero-order valence-corrected chi connectivity index (χ0v) is 23.5. The van der Waals surface area contributed by atoms with Crippen LogP contribution in [0.2, 0.25) is 0 Å². The number of Topliss-reactive ketones (excluding diaryl/α,β-unsaturated/α-hetero) is 1.